The van der Waals surface area contributed by atoms with E-state index in [2.05, 4.69) is 10.6 Å². The van der Waals surface area contributed by atoms with E-state index in [0.717, 1.165) is 0 Å². The Kier molecular flexibility index (Phi) is 7.73. The summed E-state index contributed by atoms with van der Waals surface area (Å²) >= 11 is 0. The van der Waals surface area contributed by atoms with Crippen molar-refractivity contribution in [3.63, 3.8) is 0 Å². The average Bonchev–Trinajstić information content (AvgIpc) is 2.66. The van der Waals surface area contributed by atoms with Gasteiger partial charge in [-0.1, -0.05) is 48.5 Å². The van der Waals surface area contributed by atoms with Gasteiger partial charge in [0.05, 0.1) is 5.75 Å². The van der Waals surface area contributed by atoms with Gasteiger partial charge >= 0.3 is 0 Å². The summed E-state index contributed by atoms with van der Waals surface area (Å²) in [6, 6.07) is 17.5. The second kappa shape index (κ2) is 10.2. The zero-order chi connectivity index (χ0) is 20.4. The number of rotatable bonds is 9. The third-order valence-electron chi connectivity index (χ3n) is 3.39. The van der Waals surface area contributed by atoms with Crippen LogP contribution in [0.5, 0.6) is 5.75 Å². The van der Waals surface area contributed by atoms with Gasteiger partial charge in [0.2, 0.25) is 0 Å². The van der Waals surface area contributed by atoms with Gasteiger partial charge < -0.3 is 15.4 Å². The summed E-state index contributed by atoms with van der Waals surface area (Å²) in [4.78, 5) is 24.5. The van der Waals surface area contributed by atoms with Gasteiger partial charge in [-0.25, -0.2) is 0 Å². The highest BCUT2D eigenvalue weighted by Crippen LogP contribution is 2.08. The third-order valence-corrected chi connectivity index (χ3v) is 4.11. The van der Waals surface area contributed by atoms with Crippen molar-refractivity contribution >= 4 is 28.0 Å². The summed E-state index contributed by atoms with van der Waals surface area (Å²) in [5.41, 5.74) is 0.579. The highest BCUT2D eigenvalue weighted by molar-refractivity contribution is 7.85. The Bertz CT molecular complexity index is 927. The number of carbonyl (C=O) groups is 2. The minimum absolute atomic E-state index is 0.0804. The molecule has 2 amide bonds. The average molecular weight is 404 g/mol. The van der Waals surface area contributed by atoms with E-state index in [-0.39, 0.29) is 18.8 Å². The van der Waals surface area contributed by atoms with Crippen LogP contribution in [0.1, 0.15) is 5.56 Å². The van der Waals surface area contributed by atoms with Crippen molar-refractivity contribution in [2.45, 2.75) is 0 Å². The van der Waals surface area contributed by atoms with Gasteiger partial charge in [-0.15, -0.1) is 0 Å². The maximum Gasteiger partial charge on any atom is 0.267 e. The number of amides is 2. The van der Waals surface area contributed by atoms with Crippen molar-refractivity contribution in [3.05, 3.63) is 71.9 Å². The van der Waals surface area contributed by atoms with Crippen LogP contribution in [0, 0.1) is 0 Å². The van der Waals surface area contributed by atoms with Crippen LogP contribution in [0.25, 0.3) is 6.08 Å². The second-order valence-electron chi connectivity index (χ2n) is 5.66. The van der Waals surface area contributed by atoms with Crippen LogP contribution in [-0.2, 0) is 19.7 Å². The van der Waals surface area contributed by atoms with Gasteiger partial charge in [0.15, 0.2) is 6.61 Å². The van der Waals surface area contributed by atoms with Crippen LogP contribution in [-0.4, -0.2) is 43.7 Å². The molecule has 28 heavy (non-hydrogen) atoms. The lowest BCUT2D eigenvalue weighted by Crippen LogP contribution is -2.38. The lowest BCUT2D eigenvalue weighted by Gasteiger charge is -2.11. The van der Waals surface area contributed by atoms with Crippen LogP contribution in [0.15, 0.2) is 66.4 Å². The third kappa shape index (κ3) is 8.02. The van der Waals surface area contributed by atoms with Crippen LogP contribution in [0.4, 0.5) is 0 Å². The quantitative estimate of drug-likeness (QED) is 0.427. The molecule has 2 aromatic rings. The first kappa shape index (κ1) is 21.1. The van der Waals surface area contributed by atoms with Gasteiger partial charge in [0.1, 0.15) is 11.4 Å². The van der Waals surface area contributed by atoms with Crippen molar-refractivity contribution < 1.29 is 27.3 Å². The first-order valence-corrected chi connectivity index (χ1v) is 9.92. The van der Waals surface area contributed by atoms with Gasteiger partial charge in [0, 0.05) is 6.54 Å². The molecule has 0 saturated heterocycles. The maximum atomic E-state index is 12.3. The van der Waals surface area contributed by atoms with Crippen molar-refractivity contribution in [2.24, 2.45) is 0 Å². The number of nitrogens with one attached hydrogen (secondary N) is 2. The first-order valence-electron chi connectivity index (χ1n) is 8.31. The largest absolute Gasteiger partial charge is 0.484 e. The molecule has 0 unspecified atom stereocenters. The number of benzene rings is 2. The van der Waals surface area contributed by atoms with E-state index in [0.29, 0.717) is 11.3 Å². The monoisotopic (exact) mass is 404 g/mol. The van der Waals surface area contributed by atoms with Crippen LogP contribution >= 0.6 is 0 Å². The number of hydrogen-bond acceptors (Lipinski definition) is 5. The fourth-order valence-corrected chi connectivity index (χ4v) is 2.47. The number of hydrogen-bond donors (Lipinski definition) is 3. The summed E-state index contributed by atoms with van der Waals surface area (Å²) in [5.74, 6) is -1.39. The summed E-state index contributed by atoms with van der Waals surface area (Å²) < 4.78 is 35.6. The van der Waals surface area contributed by atoms with Gasteiger partial charge in [-0.3, -0.25) is 14.1 Å². The summed E-state index contributed by atoms with van der Waals surface area (Å²) in [5, 5.41) is 4.79. The fraction of sp³-hybridized carbons (Fsp3) is 0.158. The van der Waals surface area contributed by atoms with E-state index in [1.165, 1.54) is 6.08 Å². The molecule has 0 aliphatic heterocycles. The summed E-state index contributed by atoms with van der Waals surface area (Å²) in [7, 11) is -4.21. The minimum Gasteiger partial charge on any atom is -0.484 e. The van der Waals surface area contributed by atoms with Crippen molar-refractivity contribution in [3.8, 4) is 5.75 Å². The molecule has 0 atom stereocenters. The predicted molar refractivity (Wildman–Crippen MR) is 104 cm³/mol. The molecule has 3 N–H and O–H groups in total. The van der Waals surface area contributed by atoms with Gasteiger partial charge in [-0.05, 0) is 23.8 Å². The molecule has 8 nitrogen and oxygen atoms in total. The molecular weight excluding hydrogens is 384 g/mol. The van der Waals surface area contributed by atoms with Crippen LogP contribution in [0.2, 0.25) is 0 Å². The predicted octanol–water partition coefficient (Wildman–Crippen LogP) is 1.23. The standard InChI is InChI=1S/C19H20N2O6S/c22-18(14-27-16-9-5-2-6-10-16)21-17(13-15-7-3-1-4-8-15)19(23)20-11-12-28(24,25)26/h1-10,13H,11-12,14H2,(H,20,23)(H,21,22)(H,24,25,26). The molecule has 0 bridgehead atoms. The topological polar surface area (TPSA) is 122 Å². The first-order chi connectivity index (χ1) is 13.3. The Morgan fingerprint density at radius 1 is 1.00 bits per heavy atom. The van der Waals surface area contributed by atoms with E-state index < -0.39 is 27.7 Å². The van der Waals surface area contributed by atoms with Gasteiger partial charge in [-0.2, -0.15) is 8.42 Å². The molecule has 0 aliphatic rings. The Balaban J connectivity index is 2.04. The van der Waals surface area contributed by atoms with Crippen LogP contribution < -0.4 is 15.4 Å². The minimum atomic E-state index is -4.21. The molecular formula is C19H20N2O6S. The Labute approximate surface area is 163 Å². The molecule has 0 radical (unpaired) electrons. The molecule has 0 saturated carbocycles. The van der Waals surface area contributed by atoms with E-state index in [4.69, 9.17) is 9.29 Å². The lowest BCUT2D eigenvalue weighted by molar-refractivity contribution is -0.125. The maximum absolute atomic E-state index is 12.3. The summed E-state index contributed by atoms with van der Waals surface area (Å²) in [6.45, 7) is -0.616. The number of carbonyl (C=O) groups excluding carboxylic acids is 2. The molecule has 9 heteroatoms. The Hall–Kier alpha value is -3.17. The molecule has 0 heterocycles. The normalized spacial score (nSPS) is 11.5. The smallest absolute Gasteiger partial charge is 0.267 e. The molecule has 0 spiro atoms. The van der Waals surface area contributed by atoms with Crippen molar-refractivity contribution in [1.29, 1.82) is 0 Å². The highest BCUT2D eigenvalue weighted by atomic mass is 32.2. The fourth-order valence-electron chi connectivity index (χ4n) is 2.11. The lowest BCUT2D eigenvalue weighted by atomic mass is 10.2. The molecule has 0 aromatic heterocycles. The zero-order valence-electron chi connectivity index (χ0n) is 14.9. The van der Waals surface area contributed by atoms with E-state index >= 15 is 0 Å². The Morgan fingerprint density at radius 3 is 2.21 bits per heavy atom. The Morgan fingerprint density at radius 2 is 1.61 bits per heavy atom. The van der Waals surface area contributed by atoms with Crippen molar-refractivity contribution in [1.82, 2.24) is 10.6 Å². The SMILES string of the molecule is O=C(COc1ccccc1)NC(=Cc1ccccc1)C(=O)NCCS(=O)(=O)O. The number of para-hydroxylation sites is 1. The number of ether oxygens (including phenoxy) is 1. The van der Waals surface area contributed by atoms with Crippen molar-refractivity contribution in [2.75, 3.05) is 18.9 Å². The molecule has 2 rings (SSSR count). The summed E-state index contributed by atoms with van der Waals surface area (Å²) in [6.07, 6.45) is 1.45. The molecule has 148 valence electrons. The van der Waals surface area contributed by atoms with Crippen LogP contribution in [0.3, 0.4) is 0 Å². The van der Waals surface area contributed by atoms with E-state index in [9.17, 15) is 18.0 Å². The van der Waals surface area contributed by atoms with Gasteiger partial charge in [0.25, 0.3) is 21.9 Å². The molecule has 0 fully saturated rings. The van der Waals surface area contributed by atoms with E-state index in [1.807, 2.05) is 6.07 Å². The highest BCUT2D eigenvalue weighted by Gasteiger charge is 2.15. The second-order valence-corrected chi connectivity index (χ2v) is 7.23. The molecule has 0 aliphatic carbocycles. The molecule has 2 aromatic carbocycles. The zero-order valence-corrected chi connectivity index (χ0v) is 15.7. The van der Waals surface area contributed by atoms with E-state index in [1.54, 1.807) is 54.6 Å².